The van der Waals surface area contributed by atoms with Gasteiger partial charge >= 0.3 is 0 Å². The van der Waals surface area contributed by atoms with E-state index < -0.39 is 0 Å². The molecule has 54 valence electrons. The first-order chi connectivity index (χ1) is 4.34. The fraction of sp³-hybridized carbons (Fsp3) is 1.00. The van der Waals surface area contributed by atoms with Gasteiger partial charge in [-0.3, -0.25) is 4.90 Å². The zero-order valence-electron chi connectivity index (χ0n) is 6.35. The van der Waals surface area contributed by atoms with E-state index in [9.17, 15) is 0 Å². The molecule has 1 N–H and O–H groups in total. The number of hydrogen-bond acceptors (Lipinski definition) is 2. The first-order valence-electron chi connectivity index (χ1n) is 3.73. The van der Waals surface area contributed by atoms with Gasteiger partial charge in [-0.05, 0) is 33.4 Å². The summed E-state index contributed by atoms with van der Waals surface area (Å²) in [5.74, 6) is 0. The molecule has 1 aliphatic heterocycles. The van der Waals surface area contributed by atoms with Crippen molar-refractivity contribution in [2.24, 2.45) is 0 Å². The molecule has 9 heavy (non-hydrogen) atoms. The van der Waals surface area contributed by atoms with E-state index in [0.717, 1.165) is 12.7 Å². The van der Waals surface area contributed by atoms with E-state index >= 15 is 0 Å². The highest BCUT2D eigenvalue weighted by molar-refractivity contribution is 4.73. The van der Waals surface area contributed by atoms with Gasteiger partial charge in [-0.2, -0.15) is 0 Å². The maximum absolute atomic E-state index is 3.17. The summed E-state index contributed by atoms with van der Waals surface area (Å²) in [5, 5.41) is 3.17. The van der Waals surface area contributed by atoms with Gasteiger partial charge in [0.1, 0.15) is 0 Å². The molecule has 1 atom stereocenters. The van der Waals surface area contributed by atoms with Crippen LogP contribution in [0, 0.1) is 0 Å². The van der Waals surface area contributed by atoms with Crippen LogP contribution >= 0.6 is 0 Å². The molecule has 0 spiro atoms. The monoisotopic (exact) mass is 128 g/mol. The third-order valence-corrected chi connectivity index (χ3v) is 2.05. The summed E-state index contributed by atoms with van der Waals surface area (Å²) < 4.78 is 0. The predicted molar refractivity (Wildman–Crippen MR) is 39.3 cm³/mol. The molecule has 0 amide bonds. The van der Waals surface area contributed by atoms with Gasteiger partial charge in [-0.25, -0.2) is 0 Å². The van der Waals surface area contributed by atoms with Crippen molar-refractivity contribution in [1.29, 1.82) is 0 Å². The second kappa shape index (κ2) is 3.18. The van der Waals surface area contributed by atoms with E-state index in [1.807, 2.05) is 7.05 Å². The summed E-state index contributed by atoms with van der Waals surface area (Å²) >= 11 is 0. The minimum atomic E-state index is 0.803. The van der Waals surface area contributed by atoms with Gasteiger partial charge in [0, 0.05) is 12.7 Å². The zero-order valence-corrected chi connectivity index (χ0v) is 6.35. The average Bonchev–Trinajstić information content (AvgIpc) is 2.18. The third kappa shape index (κ3) is 1.66. The number of nitrogens with zero attached hydrogens (tertiary/aromatic N) is 1. The molecule has 1 aliphatic rings. The average molecular weight is 128 g/mol. The van der Waals surface area contributed by atoms with Crippen LogP contribution in [0.3, 0.4) is 0 Å². The molecule has 1 rings (SSSR count). The van der Waals surface area contributed by atoms with E-state index in [0.29, 0.717) is 0 Å². The maximum atomic E-state index is 3.17. The Hall–Kier alpha value is -0.0800. The first kappa shape index (κ1) is 7.03. The van der Waals surface area contributed by atoms with Crippen LogP contribution in [-0.2, 0) is 0 Å². The van der Waals surface area contributed by atoms with Gasteiger partial charge in [0.05, 0.1) is 0 Å². The third-order valence-electron chi connectivity index (χ3n) is 2.05. The van der Waals surface area contributed by atoms with Gasteiger partial charge in [-0.1, -0.05) is 0 Å². The molecule has 0 aromatic rings. The van der Waals surface area contributed by atoms with Crippen LogP contribution in [0.5, 0.6) is 0 Å². The molecule has 1 fully saturated rings. The van der Waals surface area contributed by atoms with Gasteiger partial charge in [0.25, 0.3) is 0 Å². The Morgan fingerprint density at radius 2 is 2.44 bits per heavy atom. The van der Waals surface area contributed by atoms with E-state index in [1.54, 1.807) is 0 Å². The lowest BCUT2D eigenvalue weighted by molar-refractivity contribution is 0.255. The van der Waals surface area contributed by atoms with Crippen molar-refractivity contribution in [3.8, 4) is 0 Å². The quantitative estimate of drug-likeness (QED) is 0.587. The van der Waals surface area contributed by atoms with Crippen LogP contribution in [0.2, 0.25) is 0 Å². The molecular weight excluding hydrogens is 112 g/mol. The summed E-state index contributed by atoms with van der Waals surface area (Å²) in [5.41, 5.74) is 0. The SMILES string of the molecule is CNCN1CCCC1C. The summed E-state index contributed by atoms with van der Waals surface area (Å²) in [7, 11) is 2.00. The fourth-order valence-corrected chi connectivity index (χ4v) is 1.43. The zero-order chi connectivity index (χ0) is 6.69. The number of hydrogen-bond donors (Lipinski definition) is 1. The largest absolute Gasteiger partial charge is 0.307 e. The number of likely N-dealkylation sites (tertiary alicyclic amines) is 1. The van der Waals surface area contributed by atoms with Gasteiger partial charge in [0.2, 0.25) is 0 Å². The van der Waals surface area contributed by atoms with Crippen molar-refractivity contribution >= 4 is 0 Å². The molecule has 1 unspecified atom stereocenters. The molecule has 1 saturated heterocycles. The predicted octanol–water partition coefficient (Wildman–Crippen LogP) is 0.648. The second-order valence-corrected chi connectivity index (χ2v) is 2.82. The number of rotatable bonds is 2. The van der Waals surface area contributed by atoms with E-state index in [2.05, 4.69) is 17.1 Å². The lowest BCUT2D eigenvalue weighted by atomic mass is 10.2. The van der Waals surface area contributed by atoms with Crippen molar-refractivity contribution in [2.75, 3.05) is 20.3 Å². The van der Waals surface area contributed by atoms with Gasteiger partial charge in [-0.15, -0.1) is 0 Å². The molecule has 2 heteroatoms. The lowest BCUT2D eigenvalue weighted by Gasteiger charge is -2.19. The minimum absolute atomic E-state index is 0.803. The summed E-state index contributed by atoms with van der Waals surface area (Å²) in [6.07, 6.45) is 2.75. The first-order valence-corrected chi connectivity index (χ1v) is 3.73. The lowest BCUT2D eigenvalue weighted by Crippen LogP contribution is -2.34. The molecule has 0 radical (unpaired) electrons. The fourth-order valence-electron chi connectivity index (χ4n) is 1.43. The summed E-state index contributed by atoms with van der Waals surface area (Å²) in [6.45, 7) is 4.63. The highest BCUT2D eigenvalue weighted by Crippen LogP contribution is 2.14. The van der Waals surface area contributed by atoms with Gasteiger partial charge < -0.3 is 5.32 Å². The van der Waals surface area contributed by atoms with Crippen molar-refractivity contribution in [3.63, 3.8) is 0 Å². The van der Waals surface area contributed by atoms with E-state index in [1.165, 1.54) is 19.4 Å². The molecule has 2 nitrogen and oxygen atoms in total. The standard InChI is InChI=1S/C7H16N2/c1-7-4-3-5-9(7)6-8-2/h7-8H,3-6H2,1-2H3. The molecule has 1 heterocycles. The number of nitrogens with one attached hydrogen (secondary N) is 1. The highest BCUT2D eigenvalue weighted by atomic mass is 15.2. The van der Waals surface area contributed by atoms with Crippen LogP contribution < -0.4 is 5.32 Å². The summed E-state index contributed by atoms with van der Waals surface area (Å²) in [4.78, 5) is 2.47. The van der Waals surface area contributed by atoms with Crippen LogP contribution in [0.15, 0.2) is 0 Å². The van der Waals surface area contributed by atoms with Crippen molar-refractivity contribution in [1.82, 2.24) is 10.2 Å². The highest BCUT2D eigenvalue weighted by Gasteiger charge is 2.18. The van der Waals surface area contributed by atoms with Crippen LogP contribution in [0.1, 0.15) is 19.8 Å². The maximum Gasteiger partial charge on any atom is 0.0480 e. The molecule has 0 aromatic heterocycles. The van der Waals surface area contributed by atoms with Gasteiger partial charge in [0.15, 0.2) is 0 Å². The Bertz CT molecular complexity index is 83.0. The van der Waals surface area contributed by atoms with Crippen LogP contribution in [0.25, 0.3) is 0 Å². The van der Waals surface area contributed by atoms with E-state index in [4.69, 9.17) is 0 Å². The Morgan fingerprint density at radius 1 is 1.67 bits per heavy atom. The van der Waals surface area contributed by atoms with Crippen LogP contribution in [-0.4, -0.2) is 31.2 Å². The molecule has 0 saturated carbocycles. The molecule has 0 bridgehead atoms. The van der Waals surface area contributed by atoms with Crippen molar-refractivity contribution in [3.05, 3.63) is 0 Å². The summed E-state index contributed by atoms with van der Waals surface area (Å²) in [6, 6.07) is 0.803. The topological polar surface area (TPSA) is 15.3 Å². The van der Waals surface area contributed by atoms with E-state index in [-0.39, 0.29) is 0 Å². The molecule has 0 aliphatic carbocycles. The smallest absolute Gasteiger partial charge is 0.0480 e. The van der Waals surface area contributed by atoms with Crippen molar-refractivity contribution < 1.29 is 0 Å². The Kier molecular flexibility index (Phi) is 2.49. The Labute approximate surface area is 57.2 Å². The van der Waals surface area contributed by atoms with Crippen LogP contribution in [0.4, 0.5) is 0 Å². The Morgan fingerprint density at radius 3 is 2.89 bits per heavy atom. The van der Waals surface area contributed by atoms with Crippen molar-refractivity contribution in [2.45, 2.75) is 25.8 Å². The molecule has 0 aromatic carbocycles. The Balaban J connectivity index is 2.22. The molecular formula is C7H16N2. The normalized spacial score (nSPS) is 29.3. The minimum Gasteiger partial charge on any atom is -0.307 e. The second-order valence-electron chi connectivity index (χ2n) is 2.82.